The number of rotatable bonds is 3. The van der Waals surface area contributed by atoms with E-state index in [1.165, 1.54) is 19.3 Å². The molecule has 4 unspecified atom stereocenters. The highest BCUT2D eigenvalue weighted by atomic mass is 16.5. The number of fused-ring (bicyclic) bond motifs is 2. The number of nitrogens with one attached hydrogen (secondary N) is 1. The lowest BCUT2D eigenvalue weighted by atomic mass is 9.46. The van der Waals surface area contributed by atoms with Gasteiger partial charge in [-0.3, -0.25) is 9.59 Å². The zero-order valence-electron chi connectivity index (χ0n) is 15.8. The van der Waals surface area contributed by atoms with Crippen LogP contribution in [0.25, 0.3) is 0 Å². The van der Waals surface area contributed by atoms with Gasteiger partial charge in [0, 0.05) is 36.9 Å². The molecule has 5 nitrogen and oxygen atoms in total. The van der Waals surface area contributed by atoms with Crippen LogP contribution >= 0.6 is 0 Å². The van der Waals surface area contributed by atoms with Crippen LogP contribution in [-0.2, 0) is 14.3 Å². The fourth-order valence-corrected chi connectivity index (χ4v) is 5.60. The van der Waals surface area contributed by atoms with Crippen LogP contribution in [0.2, 0.25) is 0 Å². The summed E-state index contributed by atoms with van der Waals surface area (Å²) in [5.74, 6) is 0.685. The monoisotopic (exact) mass is 348 g/mol. The van der Waals surface area contributed by atoms with Gasteiger partial charge in [0.25, 0.3) is 0 Å². The molecule has 2 aliphatic carbocycles. The van der Waals surface area contributed by atoms with Crippen LogP contribution in [0.3, 0.4) is 0 Å². The maximum Gasteiger partial charge on any atom is 0.243 e. The Bertz CT molecular complexity index is 564. The van der Waals surface area contributed by atoms with Crippen molar-refractivity contribution in [3.63, 3.8) is 0 Å². The molecule has 2 amide bonds. The van der Waals surface area contributed by atoms with Gasteiger partial charge in [0.1, 0.15) is 6.04 Å². The Morgan fingerprint density at radius 2 is 1.96 bits per heavy atom. The van der Waals surface area contributed by atoms with E-state index in [0.29, 0.717) is 18.4 Å². The van der Waals surface area contributed by atoms with Crippen LogP contribution in [0.4, 0.5) is 0 Å². The molecule has 4 atom stereocenters. The Hall–Kier alpha value is -1.10. The largest absolute Gasteiger partial charge is 0.377 e. The lowest BCUT2D eigenvalue weighted by Gasteiger charge is -2.63. The normalized spacial score (nSPS) is 35.9. The van der Waals surface area contributed by atoms with Gasteiger partial charge < -0.3 is 15.0 Å². The quantitative estimate of drug-likeness (QED) is 0.852. The first kappa shape index (κ1) is 17.3. The van der Waals surface area contributed by atoms with Crippen molar-refractivity contribution in [1.29, 1.82) is 0 Å². The van der Waals surface area contributed by atoms with Crippen LogP contribution in [0.15, 0.2) is 0 Å². The summed E-state index contributed by atoms with van der Waals surface area (Å²) in [6, 6.07) is -0.00485. The fourth-order valence-electron chi connectivity index (χ4n) is 5.60. The van der Waals surface area contributed by atoms with E-state index in [1.54, 1.807) is 0 Å². The van der Waals surface area contributed by atoms with E-state index >= 15 is 0 Å². The lowest BCUT2D eigenvalue weighted by molar-refractivity contribution is -0.180. The van der Waals surface area contributed by atoms with E-state index in [4.69, 9.17) is 4.74 Å². The van der Waals surface area contributed by atoms with Crippen LogP contribution in [0.5, 0.6) is 0 Å². The molecule has 2 heterocycles. The van der Waals surface area contributed by atoms with E-state index in [2.05, 4.69) is 26.1 Å². The number of carbonyl (C=O) groups excluding carboxylic acids is 2. The molecule has 1 N–H and O–H groups in total. The van der Waals surface area contributed by atoms with Gasteiger partial charge in [0.05, 0.1) is 6.10 Å². The zero-order valence-corrected chi connectivity index (χ0v) is 15.8. The van der Waals surface area contributed by atoms with E-state index < -0.39 is 0 Å². The standard InChI is InChI=1S/C20H32N2O3/c1-19(2,3)12-15(23)22-10-4-6-14(22)18(24)21-16-13-7-11-25-17(13)20(16)8-5-9-20/h13-14,16-17H,4-12H2,1-3H3,(H,21,24). The van der Waals surface area contributed by atoms with Gasteiger partial charge in [-0.25, -0.2) is 0 Å². The molecule has 25 heavy (non-hydrogen) atoms. The van der Waals surface area contributed by atoms with Crippen molar-refractivity contribution in [1.82, 2.24) is 10.2 Å². The maximum absolute atomic E-state index is 13.0. The molecule has 5 heteroatoms. The second kappa shape index (κ2) is 5.97. The summed E-state index contributed by atoms with van der Waals surface area (Å²) in [5, 5.41) is 3.36. The minimum absolute atomic E-state index is 0.0426. The average molecular weight is 348 g/mol. The fraction of sp³-hybridized carbons (Fsp3) is 0.900. The first-order valence-electron chi connectivity index (χ1n) is 10.0. The Labute approximate surface area is 150 Å². The maximum atomic E-state index is 13.0. The highest BCUT2D eigenvalue weighted by Crippen LogP contribution is 2.62. The minimum Gasteiger partial charge on any atom is -0.377 e. The van der Waals surface area contributed by atoms with Crippen molar-refractivity contribution in [3.05, 3.63) is 0 Å². The van der Waals surface area contributed by atoms with E-state index in [1.807, 2.05) is 4.90 Å². The van der Waals surface area contributed by atoms with Crippen LogP contribution < -0.4 is 5.32 Å². The number of ether oxygens (including phenoxy) is 1. The van der Waals surface area contributed by atoms with Crippen LogP contribution in [-0.4, -0.2) is 48.1 Å². The number of amides is 2. The Kier molecular flexibility index (Phi) is 4.13. The third-order valence-electron chi connectivity index (χ3n) is 6.89. The van der Waals surface area contributed by atoms with Crippen LogP contribution in [0.1, 0.15) is 65.7 Å². The molecule has 0 aromatic heterocycles. The van der Waals surface area contributed by atoms with Crippen molar-refractivity contribution >= 4 is 11.8 Å². The third kappa shape index (κ3) is 2.79. The first-order valence-corrected chi connectivity index (χ1v) is 10.0. The van der Waals surface area contributed by atoms with E-state index in [0.717, 1.165) is 32.4 Å². The average Bonchev–Trinajstić information content (AvgIpc) is 3.08. The number of likely N-dealkylation sites (tertiary alicyclic amines) is 1. The second-order valence-corrected chi connectivity index (χ2v) is 9.80. The smallest absolute Gasteiger partial charge is 0.243 e. The van der Waals surface area contributed by atoms with Gasteiger partial charge in [-0.1, -0.05) is 27.2 Å². The number of carbonyl (C=O) groups is 2. The van der Waals surface area contributed by atoms with Gasteiger partial charge in [-0.2, -0.15) is 0 Å². The molecule has 2 aliphatic heterocycles. The predicted molar refractivity (Wildman–Crippen MR) is 94.9 cm³/mol. The van der Waals surface area contributed by atoms with Crippen molar-refractivity contribution < 1.29 is 14.3 Å². The van der Waals surface area contributed by atoms with Gasteiger partial charge >= 0.3 is 0 Å². The minimum atomic E-state index is -0.270. The second-order valence-electron chi connectivity index (χ2n) is 9.80. The molecule has 0 aromatic rings. The molecular weight excluding hydrogens is 316 g/mol. The molecule has 0 bridgehead atoms. The summed E-state index contributed by atoms with van der Waals surface area (Å²) in [6.45, 7) is 7.78. The van der Waals surface area contributed by atoms with Gasteiger partial charge in [0.15, 0.2) is 0 Å². The summed E-state index contributed by atoms with van der Waals surface area (Å²) >= 11 is 0. The number of hydrogen-bond acceptors (Lipinski definition) is 3. The topological polar surface area (TPSA) is 58.6 Å². The Balaban J connectivity index is 1.41. The van der Waals surface area contributed by atoms with Crippen molar-refractivity contribution in [3.8, 4) is 0 Å². The molecule has 4 aliphatic rings. The van der Waals surface area contributed by atoms with Gasteiger partial charge in [0.2, 0.25) is 11.8 Å². The van der Waals surface area contributed by atoms with Crippen molar-refractivity contribution in [2.75, 3.05) is 13.2 Å². The molecule has 0 radical (unpaired) electrons. The summed E-state index contributed by atoms with van der Waals surface area (Å²) < 4.78 is 5.95. The molecular formula is C20H32N2O3. The Morgan fingerprint density at radius 1 is 1.20 bits per heavy atom. The summed E-state index contributed by atoms with van der Waals surface area (Å²) in [7, 11) is 0. The van der Waals surface area contributed by atoms with E-state index in [9.17, 15) is 9.59 Å². The lowest BCUT2D eigenvalue weighted by Crippen LogP contribution is -2.72. The highest BCUT2D eigenvalue weighted by molar-refractivity contribution is 5.88. The van der Waals surface area contributed by atoms with Crippen molar-refractivity contribution in [2.24, 2.45) is 16.7 Å². The molecule has 140 valence electrons. The van der Waals surface area contributed by atoms with Gasteiger partial charge in [-0.05, 0) is 37.5 Å². The highest BCUT2D eigenvalue weighted by Gasteiger charge is 2.67. The van der Waals surface area contributed by atoms with Crippen LogP contribution in [0, 0.1) is 16.7 Å². The molecule has 0 aromatic carbocycles. The SMILES string of the molecule is CC(C)(C)CC(=O)N1CCCC1C(=O)NC1C2CCOC2C12CCC2. The number of hydrogen-bond donors (Lipinski definition) is 1. The van der Waals surface area contributed by atoms with Gasteiger partial charge in [-0.15, -0.1) is 0 Å². The molecule has 1 spiro atoms. The summed E-state index contributed by atoms with van der Waals surface area (Å²) in [5.41, 5.74) is 0.161. The summed E-state index contributed by atoms with van der Waals surface area (Å²) in [4.78, 5) is 27.5. The first-order chi connectivity index (χ1) is 11.8. The predicted octanol–water partition coefficient (Wildman–Crippen LogP) is 2.49. The summed E-state index contributed by atoms with van der Waals surface area (Å²) in [6.07, 6.45) is 7.27. The molecule has 2 saturated heterocycles. The Morgan fingerprint density at radius 3 is 2.60 bits per heavy atom. The molecule has 4 fully saturated rings. The van der Waals surface area contributed by atoms with Crippen molar-refractivity contribution in [2.45, 2.75) is 83.9 Å². The molecule has 4 rings (SSSR count). The zero-order chi connectivity index (χ0) is 17.8. The van der Waals surface area contributed by atoms with E-state index in [-0.39, 0.29) is 34.7 Å². The third-order valence-corrected chi connectivity index (χ3v) is 6.89. The molecule has 2 saturated carbocycles. The number of nitrogens with zero attached hydrogens (tertiary/aromatic N) is 1.